The normalized spacial score (nSPS) is 10.9. The fraction of sp³-hybridized carbons (Fsp3) is 0.286. The zero-order valence-corrected chi connectivity index (χ0v) is 15.2. The molecule has 0 aliphatic heterocycles. The number of fused-ring (bicyclic) bond motifs is 1. The van der Waals surface area contributed by atoms with Gasteiger partial charge in [0.25, 0.3) is 5.91 Å². The molecule has 0 unspecified atom stereocenters. The zero-order chi connectivity index (χ0) is 18.0. The molecule has 4 heteroatoms. The Labute approximate surface area is 148 Å². The number of nitrogens with one attached hydrogen (secondary N) is 1. The van der Waals surface area contributed by atoms with Gasteiger partial charge in [0, 0.05) is 29.2 Å². The second kappa shape index (κ2) is 7.01. The van der Waals surface area contributed by atoms with Crippen LogP contribution in [0.5, 0.6) is 5.75 Å². The molecule has 1 heterocycles. The maximum Gasteiger partial charge on any atom is 0.253 e. The van der Waals surface area contributed by atoms with Gasteiger partial charge < -0.3 is 14.6 Å². The Kier molecular flexibility index (Phi) is 4.79. The molecule has 0 bridgehead atoms. The van der Waals surface area contributed by atoms with E-state index in [0.717, 1.165) is 27.9 Å². The minimum Gasteiger partial charge on any atom is -0.492 e. The first-order valence-electron chi connectivity index (χ1n) is 8.49. The molecule has 0 atom stereocenters. The fourth-order valence-corrected chi connectivity index (χ4v) is 2.92. The molecule has 0 saturated heterocycles. The number of amides is 1. The van der Waals surface area contributed by atoms with E-state index in [-0.39, 0.29) is 5.91 Å². The lowest BCUT2D eigenvalue weighted by atomic mass is 10.1. The van der Waals surface area contributed by atoms with Crippen molar-refractivity contribution in [1.82, 2.24) is 9.88 Å². The Hall–Kier alpha value is -2.75. The number of H-pyrrole nitrogens is 1. The molecule has 2 aromatic carbocycles. The number of hydrogen-bond acceptors (Lipinski definition) is 2. The Morgan fingerprint density at radius 3 is 2.68 bits per heavy atom. The summed E-state index contributed by atoms with van der Waals surface area (Å²) < 4.78 is 5.74. The van der Waals surface area contributed by atoms with Gasteiger partial charge in [-0.1, -0.05) is 12.1 Å². The number of hydrogen-bond donors (Lipinski definition) is 1. The molecular formula is C21H24N2O2. The van der Waals surface area contributed by atoms with E-state index in [9.17, 15) is 4.79 Å². The highest BCUT2D eigenvalue weighted by Crippen LogP contribution is 2.23. The van der Waals surface area contributed by atoms with E-state index in [1.54, 1.807) is 11.9 Å². The van der Waals surface area contributed by atoms with Gasteiger partial charge >= 0.3 is 0 Å². The number of likely N-dealkylation sites (N-methyl/N-ethyl adjacent to an activating group) is 1. The first-order chi connectivity index (χ1) is 12.0. The molecule has 0 aliphatic rings. The molecule has 1 aromatic heterocycles. The van der Waals surface area contributed by atoms with Crippen molar-refractivity contribution in [1.29, 1.82) is 0 Å². The zero-order valence-electron chi connectivity index (χ0n) is 15.2. The van der Waals surface area contributed by atoms with Crippen molar-refractivity contribution in [2.24, 2.45) is 0 Å². The van der Waals surface area contributed by atoms with Crippen molar-refractivity contribution in [2.75, 3.05) is 20.2 Å². The van der Waals surface area contributed by atoms with Gasteiger partial charge in [-0.2, -0.15) is 0 Å². The van der Waals surface area contributed by atoms with E-state index in [1.807, 2.05) is 56.3 Å². The van der Waals surface area contributed by atoms with Crippen molar-refractivity contribution < 1.29 is 9.53 Å². The van der Waals surface area contributed by atoms with E-state index in [1.165, 1.54) is 5.56 Å². The van der Waals surface area contributed by atoms with Gasteiger partial charge in [0.05, 0.1) is 6.54 Å². The SMILES string of the molecule is Cc1cccc(OCCN(C)C(=O)c2ccc3[nH]c(C)c(C)c3c2)c1. The molecule has 0 radical (unpaired) electrons. The van der Waals surface area contributed by atoms with Crippen LogP contribution >= 0.6 is 0 Å². The van der Waals surface area contributed by atoms with Crippen molar-refractivity contribution >= 4 is 16.8 Å². The number of benzene rings is 2. The number of ether oxygens (including phenoxy) is 1. The number of rotatable bonds is 5. The van der Waals surface area contributed by atoms with Crippen LogP contribution in [0.1, 0.15) is 27.2 Å². The molecule has 0 saturated carbocycles. The van der Waals surface area contributed by atoms with E-state index in [4.69, 9.17) is 4.74 Å². The Morgan fingerprint density at radius 2 is 1.92 bits per heavy atom. The Balaban J connectivity index is 1.65. The summed E-state index contributed by atoms with van der Waals surface area (Å²) >= 11 is 0. The maximum atomic E-state index is 12.7. The molecule has 1 amide bonds. The standard InChI is InChI=1S/C21H24N2O2/c1-14-6-5-7-18(12-14)25-11-10-23(4)21(24)17-8-9-20-19(13-17)15(2)16(3)22-20/h5-9,12-13,22H,10-11H2,1-4H3. The second-order valence-electron chi connectivity index (χ2n) is 6.53. The molecule has 3 rings (SSSR count). The fourth-order valence-electron chi connectivity index (χ4n) is 2.92. The van der Waals surface area contributed by atoms with Crippen LogP contribution in [0.25, 0.3) is 10.9 Å². The predicted octanol–water partition coefficient (Wildman–Crippen LogP) is 4.24. The highest BCUT2D eigenvalue weighted by atomic mass is 16.5. The van der Waals surface area contributed by atoms with Crippen LogP contribution in [0.3, 0.4) is 0 Å². The van der Waals surface area contributed by atoms with Crippen LogP contribution in [0.4, 0.5) is 0 Å². The molecular weight excluding hydrogens is 312 g/mol. The Bertz CT molecular complexity index is 911. The lowest BCUT2D eigenvalue weighted by molar-refractivity contribution is 0.0774. The quantitative estimate of drug-likeness (QED) is 0.757. The lowest BCUT2D eigenvalue weighted by Crippen LogP contribution is -2.30. The number of aryl methyl sites for hydroxylation is 3. The number of nitrogens with zero attached hydrogens (tertiary/aromatic N) is 1. The highest BCUT2D eigenvalue weighted by Gasteiger charge is 2.14. The second-order valence-corrected chi connectivity index (χ2v) is 6.53. The summed E-state index contributed by atoms with van der Waals surface area (Å²) in [7, 11) is 1.81. The topological polar surface area (TPSA) is 45.3 Å². The number of carbonyl (C=O) groups excluding carboxylic acids is 1. The third kappa shape index (κ3) is 3.68. The van der Waals surface area contributed by atoms with Crippen LogP contribution < -0.4 is 4.74 Å². The molecule has 0 aliphatic carbocycles. The monoisotopic (exact) mass is 336 g/mol. The van der Waals surface area contributed by atoms with Gasteiger partial charge in [0.15, 0.2) is 0 Å². The van der Waals surface area contributed by atoms with Crippen LogP contribution in [0, 0.1) is 20.8 Å². The first kappa shape index (κ1) is 17.1. The van der Waals surface area contributed by atoms with E-state index in [0.29, 0.717) is 18.7 Å². The summed E-state index contributed by atoms with van der Waals surface area (Å²) in [6, 6.07) is 13.7. The van der Waals surface area contributed by atoms with Gasteiger partial charge in [0.2, 0.25) is 0 Å². The van der Waals surface area contributed by atoms with Gasteiger partial charge in [-0.3, -0.25) is 4.79 Å². The van der Waals surface area contributed by atoms with Crippen molar-refractivity contribution in [3.8, 4) is 5.75 Å². The smallest absolute Gasteiger partial charge is 0.253 e. The molecule has 3 aromatic rings. The van der Waals surface area contributed by atoms with Gasteiger partial charge in [0.1, 0.15) is 12.4 Å². The third-order valence-electron chi connectivity index (χ3n) is 4.59. The minimum absolute atomic E-state index is 0.00740. The van der Waals surface area contributed by atoms with Gasteiger partial charge in [-0.15, -0.1) is 0 Å². The summed E-state index contributed by atoms with van der Waals surface area (Å²) in [6.45, 7) is 7.16. The first-order valence-corrected chi connectivity index (χ1v) is 8.49. The number of aromatic nitrogens is 1. The molecule has 0 fully saturated rings. The average Bonchev–Trinajstić information content (AvgIpc) is 2.88. The van der Waals surface area contributed by atoms with Crippen molar-refractivity contribution in [2.45, 2.75) is 20.8 Å². The van der Waals surface area contributed by atoms with Crippen molar-refractivity contribution in [3.63, 3.8) is 0 Å². The molecule has 25 heavy (non-hydrogen) atoms. The number of carbonyl (C=O) groups is 1. The van der Waals surface area contributed by atoms with Crippen LogP contribution in [0.15, 0.2) is 42.5 Å². The predicted molar refractivity (Wildman–Crippen MR) is 101 cm³/mol. The van der Waals surface area contributed by atoms with Crippen molar-refractivity contribution in [3.05, 3.63) is 64.8 Å². The molecule has 1 N–H and O–H groups in total. The summed E-state index contributed by atoms with van der Waals surface area (Å²) in [5.74, 6) is 0.841. The molecule has 130 valence electrons. The average molecular weight is 336 g/mol. The number of aromatic amines is 1. The van der Waals surface area contributed by atoms with Crippen LogP contribution in [-0.2, 0) is 0 Å². The van der Waals surface area contributed by atoms with E-state index < -0.39 is 0 Å². The summed E-state index contributed by atoms with van der Waals surface area (Å²) in [6.07, 6.45) is 0. The van der Waals surface area contributed by atoms with Gasteiger partial charge in [-0.25, -0.2) is 0 Å². The van der Waals surface area contributed by atoms with E-state index in [2.05, 4.69) is 11.9 Å². The van der Waals surface area contributed by atoms with Crippen LogP contribution in [-0.4, -0.2) is 36.0 Å². The highest BCUT2D eigenvalue weighted by molar-refractivity contribution is 5.98. The molecule has 4 nitrogen and oxygen atoms in total. The summed E-state index contributed by atoms with van der Waals surface area (Å²) in [5.41, 5.74) is 5.26. The van der Waals surface area contributed by atoms with Crippen LogP contribution in [0.2, 0.25) is 0 Å². The van der Waals surface area contributed by atoms with E-state index >= 15 is 0 Å². The summed E-state index contributed by atoms with van der Waals surface area (Å²) in [5, 5.41) is 1.10. The Morgan fingerprint density at radius 1 is 1.12 bits per heavy atom. The summed E-state index contributed by atoms with van der Waals surface area (Å²) in [4.78, 5) is 17.7. The minimum atomic E-state index is 0.00740. The third-order valence-corrected chi connectivity index (χ3v) is 4.59. The molecule has 0 spiro atoms. The largest absolute Gasteiger partial charge is 0.492 e. The lowest BCUT2D eigenvalue weighted by Gasteiger charge is -2.18. The maximum absolute atomic E-state index is 12.7. The van der Waals surface area contributed by atoms with Gasteiger partial charge in [-0.05, 0) is 62.2 Å².